The Hall–Kier alpha value is -3.66. The molecule has 0 unspecified atom stereocenters. The number of phenols is 2. The molecule has 0 amide bonds. The first-order valence-electron chi connectivity index (χ1n) is 9.07. The van der Waals surface area contributed by atoms with Crippen LogP contribution in [0.1, 0.15) is 22.3 Å². The molecule has 3 rings (SSSR count). The van der Waals surface area contributed by atoms with Gasteiger partial charge in [-0.3, -0.25) is 0 Å². The van der Waals surface area contributed by atoms with Crippen molar-refractivity contribution in [2.24, 2.45) is 0 Å². The zero-order valence-electron chi connectivity index (χ0n) is 16.0. The average Bonchev–Trinajstić information content (AvgIpc) is 2.71. The third-order valence-corrected chi connectivity index (χ3v) is 4.43. The monoisotopic (exact) mass is 372 g/mol. The van der Waals surface area contributed by atoms with Gasteiger partial charge in [0.15, 0.2) is 0 Å². The van der Waals surface area contributed by atoms with E-state index in [9.17, 15) is 10.2 Å². The van der Waals surface area contributed by atoms with Gasteiger partial charge in [0.05, 0.1) is 11.4 Å². The van der Waals surface area contributed by atoms with Crippen LogP contribution in [0, 0.1) is 0 Å². The third kappa shape index (κ3) is 4.74. The minimum absolute atomic E-state index is 0.230. The highest BCUT2D eigenvalue weighted by Crippen LogP contribution is 2.26. The van der Waals surface area contributed by atoms with Crippen LogP contribution in [0.2, 0.25) is 0 Å². The lowest BCUT2D eigenvalue weighted by Crippen LogP contribution is -1.88. The molecule has 3 aromatic rings. The first-order chi connectivity index (χ1) is 13.6. The summed E-state index contributed by atoms with van der Waals surface area (Å²) in [5, 5.41) is 25.8. The molecule has 0 atom stereocenters. The molecule has 0 fully saturated rings. The van der Waals surface area contributed by atoms with Gasteiger partial charge in [0.2, 0.25) is 0 Å². The summed E-state index contributed by atoms with van der Waals surface area (Å²) in [6.45, 7) is 0. The van der Waals surface area contributed by atoms with Gasteiger partial charge in [0.1, 0.15) is 11.5 Å². The maximum Gasteiger partial charge on any atom is 0.139 e. The highest BCUT2D eigenvalue weighted by Gasteiger charge is 2.00. The van der Waals surface area contributed by atoms with E-state index in [1.165, 1.54) is 0 Å². The lowest BCUT2D eigenvalue weighted by Gasteiger charge is -2.04. The SMILES string of the molecule is CNc1ccc(C=Cc2cccc(C=Cc3ccc(NC)c(O)c3)c2)cc1O. The van der Waals surface area contributed by atoms with Crippen molar-refractivity contribution in [3.8, 4) is 11.5 Å². The zero-order valence-corrected chi connectivity index (χ0v) is 16.0. The van der Waals surface area contributed by atoms with Gasteiger partial charge in [-0.25, -0.2) is 0 Å². The Bertz CT molecular complexity index is 944. The fraction of sp³-hybridized carbons (Fsp3) is 0.0833. The fourth-order valence-corrected chi connectivity index (χ4v) is 2.88. The Labute approximate surface area is 165 Å². The van der Waals surface area contributed by atoms with Crippen molar-refractivity contribution in [2.75, 3.05) is 24.7 Å². The number of hydrogen-bond acceptors (Lipinski definition) is 4. The van der Waals surface area contributed by atoms with E-state index >= 15 is 0 Å². The summed E-state index contributed by atoms with van der Waals surface area (Å²) in [4.78, 5) is 0. The van der Waals surface area contributed by atoms with E-state index in [0.29, 0.717) is 11.4 Å². The second-order valence-electron chi connectivity index (χ2n) is 6.39. The molecular weight excluding hydrogens is 348 g/mol. The fourth-order valence-electron chi connectivity index (χ4n) is 2.88. The molecule has 0 aliphatic heterocycles. The lowest BCUT2D eigenvalue weighted by molar-refractivity contribution is 0.477. The van der Waals surface area contributed by atoms with Crippen molar-refractivity contribution in [3.05, 3.63) is 82.9 Å². The van der Waals surface area contributed by atoms with Crippen LogP contribution in [0.3, 0.4) is 0 Å². The zero-order chi connectivity index (χ0) is 19.9. The first-order valence-corrected chi connectivity index (χ1v) is 9.07. The molecule has 0 spiro atoms. The maximum atomic E-state index is 9.94. The van der Waals surface area contributed by atoms with Crippen LogP contribution in [0.5, 0.6) is 11.5 Å². The molecular formula is C24H24N2O2. The Morgan fingerprint density at radius 1 is 0.571 bits per heavy atom. The molecule has 0 heterocycles. The predicted octanol–water partition coefficient (Wildman–Crippen LogP) is 5.52. The Morgan fingerprint density at radius 3 is 1.32 bits per heavy atom. The van der Waals surface area contributed by atoms with Crippen molar-refractivity contribution < 1.29 is 10.2 Å². The first kappa shape index (κ1) is 19.1. The summed E-state index contributed by atoms with van der Waals surface area (Å²) < 4.78 is 0. The second-order valence-corrected chi connectivity index (χ2v) is 6.39. The molecule has 0 saturated heterocycles. The quantitative estimate of drug-likeness (QED) is 0.340. The number of aromatic hydroxyl groups is 2. The molecule has 4 N–H and O–H groups in total. The highest BCUT2D eigenvalue weighted by molar-refractivity contribution is 5.76. The normalized spacial score (nSPS) is 11.2. The topological polar surface area (TPSA) is 64.5 Å². The number of phenolic OH excluding ortho intramolecular Hbond substituents is 2. The van der Waals surface area contributed by atoms with E-state index in [1.54, 1.807) is 26.2 Å². The van der Waals surface area contributed by atoms with Crippen molar-refractivity contribution in [2.45, 2.75) is 0 Å². The Morgan fingerprint density at radius 2 is 0.964 bits per heavy atom. The van der Waals surface area contributed by atoms with Crippen molar-refractivity contribution in [1.82, 2.24) is 0 Å². The van der Waals surface area contributed by atoms with E-state index in [4.69, 9.17) is 0 Å². The third-order valence-electron chi connectivity index (χ3n) is 4.43. The second kappa shape index (κ2) is 8.82. The van der Waals surface area contributed by atoms with Crippen molar-refractivity contribution in [1.29, 1.82) is 0 Å². The molecule has 142 valence electrons. The molecule has 4 nitrogen and oxygen atoms in total. The number of nitrogens with one attached hydrogen (secondary N) is 2. The van der Waals surface area contributed by atoms with Crippen molar-refractivity contribution >= 4 is 35.7 Å². The van der Waals surface area contributed by atoms with Crippen LogP contribution < -0.4 is 10.6 Å². The molecule has 0 saturated carbocycles. The van der Waals surface area contributed by atoms with E-state index in [0.717, 1.165) is 22.3 Å². The van der Waals surface area contributed by atoms with Crippen LogP contribution in [0.4, 0.5) is 11.4 Å². The number of hydrogen-bond donors (Lipinski definition) is 4. The summed E-state index contributed by atoms with van der Waals surface area (Å²) >= 11 is 0. The van der Waals surface area contributed by atoms with Gasteiger partial charge < -0.3 is 20.8 Å². The van der Waals surface area contributed by atoms with Crippen LogP contribution in [0.15, 0.2) is 60.7 Å². The van der Waals surface area contributed by atoms with Gasteiger partial charge in [-0.05, 0) is 52.6 Å². The number of rotatable bonds is 6. The molecule has 0 aromatic heterocycles. The highest BCUT2D eigenvalue weighted by atomic mass is 16.3. The lowest BCUT2D eigenvalue weighted by atomic mass is 10.1. The average molecular weight is 372 g/mol. The van der Waals surface area contributed by atoms with E-state index < -0.39 is 0 Å². The largest absolute Gasteiger partial charge is 0.506 e. The van der Waals surface area contributed by atoms with Crippen LogP contribution >= 0.6 is 0 Å². The van der Waals surface area contributed by atoms with E-state index in [2.05, 4.69) is 16.7 Å². The maximum absolute atomic E-state index is 9.94. The summed E-state index contributed by atoms with van der Waals surface area (Å²) in [5.74, 6) is 0.461. The molecule has 4 heteroatoms. The van der Waals surface area contributed by atoms with Crippen molar-refractivity contribution in [3.63, 3.8) is 0 Å². The molecule has 0 aliphatic rings. The van der Waals surface area contributed by atoms with Crippen LogP contribution in [0.25, 0.3) is 24.3 Å². The standard InChI is InChI=1S/C24H24N2O2/c1-25-21-12-10-19(15-23(21)27)8-6-17-4-3-5-18(14-17)7-9-20-11-13-22(26-2)24(28)16-20/h3-16,25-28H,1-2H3. The minimum Gasteiger partial charge on any atom is -0.506 e. The summed E-state index contributed by atoms with van der Waals surface area (Å²) in [5.41, 5.74) is 5.40. The minimum atomic E-state index is 0.230. The van der Waals surface area contributed by atoms with Crippen LogP contribution in [-0.2, 0) is 0 Å². The molecule has 0 radical (unpaired) electrons. The summed E-state index contributed by atoms with van der Waals surface area (Å²) in [7, 11) is 3.56. The van der Waals surface area contributed by atoms with Gasteiger partial charge in [0, 0.05) is 14.1 Å². The molecule has 0 aliphatic carbocycles. The summed E-state index contributed by atoms with van der Waals surface area (Å²) in [6, 6.07) is 19.2. The number of anilines is 2. The van der Waals surface area contributed by atoms with Gasteiger partial charge in [0.25, 0.3) is 0 Å². The Kier molecular flexibility index (Phi) is 6.02. The smallest absolute Gasteiger partial charge is 0.139 e. The van der Waals surface area contributed by atoms with Gasteiger partial charge in [-0.1, -0.05) is 54.6 Å². The predicted molar refractivity (Wildman–Crippen MR) is 120 cm³/mol. The van der Waals surface area contributed by atoms with E-state index in [1.807, 2.05) is 66.8 Å². The van der Waals surface area contributed by atoms with Gasteiger partial charge in [-0.15, -0.1) is 0 Å². The van der Waals surface area contributed by atoms with E-state index in [-0.39, 0.29) is 11.5 Å². The van der Waals surface area contributed by atoms with Gasteiger partial charge >= 0.3 is 0 Å². The molecule has 28 heavy (non-hydrogen) atoms. The Balaban J connectivity index is 1.75. The molecule has 3 aromatic carbocycles. The molecule has 0 bridgehead atoms. The summed E-state index contributed by atoms with van der Waals surface area (Å²) in [6.07, 6.45) is 7.96. The van der Waals surface area contributed by atoms with Crippen LogP contribution in [-0.4, -0.2) is 24.3 Å². The van der Waals surface area contributed by atoms with Gasteiger partial charge in [-0.2, -0.15) is 0 Å². The number of benzene rings is 3.